The molecule has 0 bridgehead atoms. The number of carboxylic acid groups (broad SMARTS) is 1. The van der Waals surface area contributed by atoms with Crippen LogP contribution in [0.3, 0.4) is 0 Å². The molecule has 0 saturated heterocycles. The highest BCUT2D eigenvalue weighted by Gasteiger charge is 2.15. The maximum absolute atomic E-state index is 13.6. The summed E-state index contributed by atoms with van der Waals surface area (Å²) in [7, 11) is 0. The quantitative estimate of drug-likeness (QED) is 0.926. The number of hydrogen-bond acceptors (Lipinski definition) is 1. The molecule has 2 aromatic rings. The number of nitrogens with zero attached hydrogens (tertiary/aromatic N) is 1. The molecule has 0 saturated carbocycles. The van der Waals surface area contributed by atoms with Crippen LogP contribution in [-0.4, -0.2) is 15.6 Å². The number of rotatable bonds is 3. The van der Waals surface area contributed by atoms with Gasteiger partial charge in [0.2, 0.25) is 0 Å². The summed E-state index contributed by atoms with van der Waals surface area (Å²) in [6.45, 7) is 3.48. The second kappa shape index (κ2) is 4.84. The Hall–Kier alpha value is -2.17. The molecule has 19 heavy (non-hydrogen) atoms. The Balaban J connectivity index is 2.44. The van der Waals surface area contributed by atoms with E-state index in [4.69, 9.17) is 5.11 Å². The van der Waals surface area contributed by atoms with E-state index in [-0.39, 0.29) is 17.7 Å². The number of carbonyl (C=O) groups is 1. The van der Waals surface area contributed by atoms with Gasteiger partial charge < -0.3 is 9.67 Å². The highest BCUT2D eigenvalue weighted by atomic mass is 19.1. The van der Waals surface area contributed by atoms with Crippen LogP contribution in [-0.2, 0) is 6.54 Å². The van der Waals surface area contributed by atoms with Gasteiger partial charge in [-0.25, -0.2) is 13.6 Å². The molecule has 0 fully saturated rings. The van der Waals surface area contributed by atoms with Crippen molar-refractivity contribution >= 4 is 5.97 Å². The van der Waals surface area contributed by atoms with Crippen LogP contribution in [0.2, 0.25) is 0 Å². The molecule has 5 heteroatoms. The zero-order valence-corrected chi connectivity index (χ0v) is 10.6. The molecular formula is C14H13F2NO2. The van der Waals surface area contributed by atoms with Crippen molar-refractivity contribution in [2.75, 3.05) is 0 Å². The molecule has 0 spiro atoms. The predicted octanol–water partition coefficient (Wildman–Crippen LogP) is 3.13. The van der Waals surface area contributed by atoms with E-state index in [9.17, 15) is 13.6 Å². The third-order valence-electron chi connectivity index (χ3n) is 3.14. The lowest BCUT2D eigenvalue weighted by Crippen LogP contribution is -2.07. The van der Waals surface area contributed by atoms with Crippen LogP contribution in [0, 0.1) is 25.5 Å². The molecule has 3 nitrogen and oxygen atoms in total. The first-order valence-corrected chi connectivity index (χ1v) is 5.74. The lowest BCUT2D eigenvalue weighted by atomic mass is 10.2. The molecule has 0 amide bonds. The maximum Gasteiger partial charge on any atom is 0.337 e. The SMILES string of the molecule is Cc1cc(C(=O)O)c(C)n1Cc1cc(F)ccc1F. The second-order valence-corrected chi connectivity index (χ2v) is 4.41. The van der Waals surface area contributed by atoms with Crippen molar-refractivity contribution in [1.82, 2.24) is 4.57 Å². The largest absolute Gasteiger partial charge is 0.478 e. The Bertz CT molecular complexity index is 647. The number of aromatic carboxylic acids is 1. The van der Waals surface area contributed by atoms with Gasteiger partial charge in [-0.1, -0.05) is 0 Å². The number of aromatic nitrogens is 1. The number of hydrogen-bond donors (Lipinski definition) is 1. The molecule has 0 radical (unpaired) electrons. The number of halogens is 2. The minimum atomic E-state index is -1.03. The van der Waals surface area contributed by atoms with Gasteiger partial charge in [-0.2, -0.15) is 0 Å². The van der Waals surface area contributed by atoms with Crippen molar-refractivity contribution in [1.29, 1.82) is 0 Å². The average molecular weight is 265 g/mol. The van der Waals surface area contributed by atoms with Crippen LogP contribution in [0.15, 0.2) is 24.3 Å². The normalized spacial score (nSPS) is 10.7. The Labute approximate surface area is 109 Å². The molecule has 100 valence electrons. The van der Waals surface area contributed by atoms with Crippen LogP contribution in [0.1, 0.15) is 27.3 Å². The standard InChI is InChI=1S/C14H13F2NO2/c1-8-5-12(14(18)19)9(2)17(8)7-10-6-11(15)3-4-13(10)16/h3-6H,7H2,1-2H3,(H,18,19). The summed E-state index contributed by atoms with van der Waals surface area (Å²) in [5.41, 5.74) is 1.58. The summed E-state index contributed by atoms with van der Waals surface area (Å²) in [5.74, 6) is -2.05. The third kappa shape index (κ3) is 2.50. The summed E-state index contributed by atoms with van der Waals surface area (Å²) >= 11 is 0. The number of carboxylic acids is 1. The third-order valence-corrected chi connectivity index (χ3v) is 3.14. The molecule has 0 aliphatic carbocycles. The van der Waals surface area contributed by atoms with E-state index in [1.807, 2.05) is 0 Å². The molecule has 1 aromatic heterocycles. The molecule has 0 atom stereocenters. The van der Waals surface area contributed by atoms with Gasteiger partial charge in [0.1, 0.15) is 11.6 Å². The first-order valence-electron chi connectivity index (χ1n) is 5.74. The van der Waals surface area contributed by atoms with Gasteiger partial charge in [-0.3, -0.25) is 0 Å². The minimum Gasteiger partial charge on any atom is -0.478 e. The van der Waals surface area contributed by atoms with Crippen LogP contribution < -0.4 is 0 Å². The van der Waals surface area contributed by atoms with Gasteiger partial charge in [-0.15, -0.1) is 0 Å². The fourth-order valence-corrected chi connectivity index (χ4v) is 2.10. The second-order valence-electron chi connectivity index (χ2n) is 4.41. The average Bonchev–Trinajstić information content (AvgIpc) is 2.62. The molecule has 1 N–H and O–H groups in total. The van der Waals surface area contributed by atoms with Crippen molar-refractivity contribution in [2.45, 2.75) is 20.4 Å². The molecule has 0 unspecified atom stereocenters. The van der Waals surface area contributed by atoms with Crippen LogP contribution in [0.5, 0.6) is 0 Å². The Morgan fingerprint density at radius 2 is 1.95 bits per heavy atom. The summed E-state index contributed by atoms with van der Waals surface area (Å²) in [5, 5.41) is 9.02. The van der Waals surface area contributed by atoms with E-state index in [1.54, 1.807) is 18.4 Å². The first kappa shape index (κ1) is 13.3. The van der Waals surface area contributed by atoms with E-state index >= 15 is 0 Å². The number of benzene rings is 1. The summed E-state index contributed by atoms with van der Waals surface area (Å²) in [6, 6.07) is 4.76. The lowest BCUT2D eigenvalue weighted by Gasteiger charge is -2.10. The van der Waals surface area contributed by atoms with Crippen LogP contribution >= 0.6 is 0 Å². The van der Waals surface area contributed by atoms with Gasteiger partial charge in [0.05, 0.1) is 12.1 Å². The molecule has 2 rings (SSSR count). The Morgan fingerprint density at radius 3 is 2.53 bits per heavy atom. The van der Waals surface area contributed by atoms with Gasteiger partial charge in [-0.05, 0) is 38.1 Å². The summed E-state index contributed by atoms with van der Waals surface area (Å²) < 4.78 is 28.4. The van der Waals surface area contributed by atoms with Gasteiger partial charge in [0, 0.05) is 17.0 Å². The molecule has 0 aliphatic heterocycles. The van der Waals surface area contributed by atoms with E-state index in [0.717, 1.165) is 18.2 Å². The molecule has 1 heterocycles. The zero-order valence-electron chi connectivity index (χ0n) is 10.6. The van der Waals surface area contributed by atoms with Crippen molar-refractivity contribution in [3.63, 3.8) is 0 Å². The predicted molar refractivity (Wildman–Crippen MR) is 66.3 cm³/mol. The van der Waals surface area contributed by atoms with Crippen LogP contribution in [0.25, 0.3) is 0 Å². The van der Waals surface area contributed by atoms with Crippen molar-refractivity contribution in [3.05, 3.63) is 58.4 Å². The van der Waals surface area contributed by atoms with Gasteiger partial charge in [0.15, 0.2) is 0 Å². The summed E-state index contributed by atoms with van der Waals surface area (Å²) in [4.78, 5) is 11.0. The van der Waals surface area contributed by atoms with Crippen LogP contribution in [0.4, 0.5) is 8.78 Å². The fourth-order valence-electron chi connectivity index (χ4n) is 2.10. The minimum absolute atomic E-state index is 0.106. The monoisotopic (exact) mass is 265 g/mol. The van der Waals surface area contributed by atoms with E-state index in [1.165, 1.54) is 6.07 Å². The smallest absolute Gasteiger partial charge is 0.337 e. The lowest BCUT2D eigenvalue weighted by molar-refractivity contribution is 0.0696. The molecule has 0 aliphatic rings. The molecular weight excluding hydrogens is 252 g/mol. The topological polar surface area (TPSA) is 42.2 Å². The van der Waals surface area contributed by atoms with Crippen molar-refractivity contribution in [2.24, 2.45) is 0 Å². The Morgan fingerprint density at radius 1 is 1.26 bits per heavy atom. The molecule has 1 aromatic carbocycles. The highest BCUT2D eigenvalue weighted by molar-refractivity contribution is 5.89. The van der Waals surface area contributed by atoms with E-state index in [2.05, 4.69) is 0 Å². The fraction of sp³-hybridized carbons (Fsp3) is 0.214. The van der Waals surface area contributed by atoms with Crippen molar-refractivity contribution in [3.8, 4) is 0 Å². The van der Waals surface area contributed by atoms with Crippen molar-refractivity contribution < 1.29 is 18.7 Å². The Kier molecular flexibility index (Phi) is 3.38. The van der Waals surface area contributed by atoms with E-state index in [0.29, 0.717) is 11.4 Å². The highest BCUT2D eigenvalue weighted by Crippen LogP contribution is 2.19. The number of aryl methyl sites for hydroxylation is 1. The summed E-state index contributed by atoms with van der Waals surface area (Å²) in [6.07, 6.45) is 0. The van der Waals surface area contributed by atoms with Gasteiger partial charge in [0.25, 0.3) is 0 Å². The first-order chi connectivity index (χ1) is 8.90. The maximum atomic E-state index is 13.6. The van der Waals surface area contributed by atoms with E-state index < -0.39 is 17.6 Å². The zero-order chi connectivity index (χ0) is 14.2. The van der Waals surface area contributed by atoms with Gasteiger partial charge >= 0.3 is 5.97 Å².